The largest absolute Gasteiger partial charge is 0.494 e. The van der Waals surface area contributed by atoms with Gasteiger partial charge in [-0.15, -0.1) is 0 Å². The molecular weight excluding hydrogens is 393 g/mol. The van der Waals surface area contributed by atoms with Gasteiger partial charge in [0.25, 0.3) is 0 Å². The molecule has 1 aliphatic rings. The molecule has 10 nitrogen and oxygen atoms in total. The van der Waals surface area contributed by atoms with E-state index in [9.17, 15) is 9.18 Å². The zero-order valence-corrected chi connectivity index (χ0v) is 16.9. The number of nitrogens with one attached hydrogen (secondary N) is 3. The van der Waals surface area contributed by atoms with Crippen LogP contribution >= 0.6 is 0 Å². The summed E-state index contributed by atoms with van der Waals surface area (Å²) < 4.78 is 18.9. The van der Waals surface area contributed by atoms with Crippen molar-refractivity contribution in [3.8, 4) is 5.75 Å². The van der Waals surface area contributed by atoms with Gasteiger partial charge in [-0.1, -0.05) is 6.92 Å². The van der Waals surface area contributed by atoms with Crippen LogP contribution in [0.25, 0.3) is 0 Å². The highest BCUT2D eigenvalue weighted by atomic mass is 19.1. The van der Waals surface area contributed by atoms with Crippen LogP contribution in [0, 0.1) is 5.82 Å². The summed E-state index contributed by atoms with van der Waals surface area (Å²) in [5.41, 5.74) is 0.457. The van der Waals surface area contributed by atoms with Crippen molar-refractivity contribution in [2.75, 3.05) is 42.7 Å². The number of amides is 1. The number of hydrogen-bond donors (Lipinski definition) is 4. The fourth-order valence-electron chi connectivity index (χ4n) is 3.43. The second-order valence-corrected chi connectivity index (χ2v) is 6.77. The van der Waals surface area contributed by atoms with Gasteiger partial charge in [0.2, 0.25) is 5.95 Å². The van der Waals surface area contributed by atoms with Gasteiger partial charge in [0.15, 0.2) is 11.6 Å². The molecule has 2 aromatic rings. The summed E-state index contributed by atoms with van der Waals surface area (Å²) >= 11 is 0. The molecule has 1 fully saturated rings. The van der Waals surface area contributed by atoms with Crippen molar-refractivity contribution in [2.24, 2.45) is 5.90 Å². The molecule has 162 valence electrons. The number of nitrogens with two attached hydrogens (primary N) is 1. The Morgan fingerprint density at radius 1 is 1.33 bits per heavy atom. The molecule has 0 bridgehead atoms. The topological polar surface area (TPSA) is 127 Å². The van der Waals surface area contributed by atoms with Crippen molar-refractivity contribution < 1.29 is 18.8 Å². The predicted octanol–water partition coefficient (Wildman–Crippen LogP) is 2.69. The molecule has 1 aromatic carbocycles. The first-order valence-corrected chi connectivity index (χ1v) is 9.67. The minimum atomic E-state index is -0.867. The van der Waals surface area contributed by atoms with Crippen molar-refractivity contribution in [2.45, 2.75) is 25.8 Å². The fourth-order valence-corrected chi connectivity index (χ4v) is 3.43. The van der Waals surface area contributed by atoms with Crippen LogP contribution in [0.5, 0.6) is 5.75 Å². The molecule has 0 aliphatic carbocycles. The van der Waals surface area contributed by atoms with Gasteiger partial charge in [0.05, 0.1) is 7.11 Å². The van der Waals surface area contributed by atoms with Crippen LogP contribution in [0.2, 0.25) is 0 Å². The van der Waals surface area contributed by atoms with Gasteiger partial charge in [0.1, 0.15) is 11.6 Å². The quantitative estimate of drug-likeness (QED) is 0.478. The number of likely N-dealkylation sites (tertiary alicyclic amines) is 1. The summed E-state index contributed by atoms with van der Waals surface area (Å²) in [5, 5.41) is 8.63. The first kappa shape index (κ1) is 21.5. The molecule has 1 aromatic heterocycles. The zero-order chi connectivity index (χ0) is 21.5. The number of ether oxygens (including phenoxy) is 1. The lowest BCUT2D eigenvalue weighted by Gasteiger charge is -2.23. The first-order valence-electron chi connectivity index (χ1n) is 9.67. The van der Waals surface area contributed by atoms with Gasteiger partial charge >= 0.3 is 6.09 Å². The first-order chi connectivity index (χ1) is 14.5. The third-order valence-corrected chi connectivity index (χ3v) is 4.89. The van der Waals surface area contributed by atoms with Crippen LogP contribution in [-0.4, -0.2) is 53.7 Å². The Bertz CT molecular complexity index is 883. The second-order valence-electron chi connectivity index (χ2n) is 6.77. The normalized spacial score (nSPS) is 16.2. The summed E-state index contributed by atoms with van der Waals surface area (Å²) in [6, 6.07) is 6.31. The second kappa shape index (κ2) is 10.0. The number of rotatable bonds is 8. The highest BCUT2D eigenvalue weighted by Gasteiger charge is 2.23. The van der Waals surface area contributed by atoms with Crippen molar-refractivity contribution in [3.05, 3.63) is 30.1 Å². The molecule has 3 rings (SSSR count). The van der Waals surface area contributed by atoms with Gasteiger partial charge in [0, 0.05) is 30.4 Å². The Kier molecular flexibility index (Phi) is 7.20. The molecule has 1 aliphatic heterocycles. The number of likely N-dealkylation sites (N-methyl/N-ethyl adjacent to an activating group) is 1. The average Bonchev–Trinajstić information content (AvgIpc) is 3.20. The molecule has 11 heteroatoms. The number of aromatic nitrogens is 2. The van der Waals surface area contributed by atoms with E-state index in [1.807, 2.05) is 0 Å². The Labute approximate surface area is 173 Å². The fraction of sp³-hybridized carbons (Fsp3) is 0.421. The third-order valence-electron chi connectivity index (χ3n) is 4.89. The SMILES string of the molecule is CCN1CCCC1CNc1nc(NC(=O)ON)cc(Nc2ccc(OC)c(F)c2)n1. The minimum Gasteiger partial charge on any atom is -0.494 e. The molecule has 1 amide bonds. The van der Waals surface area contributed by atoms with E-state index in [2.05, 4.69) is 42.6 Å². The van der Waals surface area contributed by atoms with Crippen LogP contribution in [0.1, 0.15) is 19.8 Å². The molecule has 5 N–H and O–H groups in total. The number of halogens is 1. The molecule has 1 saturated heterocycles. The van der Waals surface area contributed by atoms with Crippen LogP contribution in [0.4, 0.5) is 32.5 Å². The van der Waals surface area contributed by atoms with Gasteiger partial charge in [-0.2, -0.15) is 15.9 Å². The van der Waals surface area contributed by atoms with E-state index in [4.69, 9.17) is 10.6 Å². The average molecular weight is 419 g/mol. The van der Waals surface area contributed by atoms with Crippen molar-refractivity contribution >= 4 is 29.4 Å². The monoisotopic (exact) mass is 419 g/mol. The van der Waals surface area contributed by atoms with E-state index in [0.29, 0.717) is 30.0 Å². The molecule has 2 heterocycles. The maximum Gasteiger partial charge on any atom is 0.431 e. The van der Waals surface area contributed by atoms with Crippen LogP contribution < -0.4 is 26.6 Å². The maximum atomic E-state index is 14.0. The standard InChI is InChI=1S/C19H26FN7O3/c1-3-27-8-4-5-13(27)11-22-18-24-16(10-17(25-18)26-19(28)30-21)23-12-6-7-15(29-2)14(20)9-12/h6-7,9-10,13H,3-5,8,11,21H2,1-2H3,(H3,22,23,24,25,26,28). The number of hydrogen-bond acceptors (Lipinski definition) is 9. The minimum absolute atomic E-state index is 0.135. The zero-order valence-electron chi connectivity index (χ0n) is 16.9. The van der Waals surface area contributed by atoms with Gasteiger partial charge in [-0.25, -0.2) is 9.18 Å². The van der Waals surface area contributed by atoms with E-state index in [0.717, 1.165) is 25.9 Å². The summed E-state index contributed by atoms with van der Waals surface area (Å²) in [6.07, 6.45) is 1.38. The molecule has 0 saturated carbocycles. The molecule has 0 spiro atoms. The van der Waals surface area contributed by atoms with Crippen molar-refractivity contribution in [1.82, 2.24) is 14.9 Å². The summed E-state index contributed by atoms with van der Waals surface area (Å²) in [6.45, 7) is 4.85. The molecular formula is C19H26FN7O3. The molecule has 1 unspecified atom stereocenters. The van der Waals surface area contributed by atoms with E-state index in [1.54, 1.807) is 6.07 Å². The number of carbonyl (C=O) groups is 1. The molecule has 30 heavy (non-hydrogen) atoms. The highest BCUT2D eigenvalue weighted by molar-refractivity contribution is 5.84. The van der Waals surface area contributed by atoms with E-state index in [1.165, 1.54) is 25.3 Å². The van der Waals surface area contributed by atoms with Gasteiger partial charge in [-0.05, 0) is 38.1 Å². The molecule has 0 radical (unpaired) electrons. The summed E-state index contributed by atoms with van der Waals surface area (Å²) in [5.74, 6) is 5.35. The number of benzene rings is 1. The molecule has 1 atom stereocenters. The predicted molar refractivity (Wildman–Crippen MR) is 111 cm³/mol. The summed E-state index contributed by atoms with van der Waals surface area (Å²) in [4.78, 5) is 26.7. The Morgan fingerprint density at radius 3 is 2.83 bits per heavy atom. The number of carbonyl (C=O) groups excluding carboxylic acids is 1. The van der Waals surface area contributed by atoms with Crippen LogP contribution in [-0.2, 0) is 4.84 Å². The van der Waals surface area contributed by atoms with Crippen molar-refractivity contribution in [3.63, 3.8) is 0 Å². The summed E-state index contributed by atoms with van der Waals surface area (Å²) in [7, 11) is 1.40. The van der Waals surface area contributed by atoms with E-state index in [-0.39, 0.29) is 11.6 Å². The number of anilines is 4. The third kappa shape index (κ3) is 5.45. The lowest BCUT2D eigenvalue weighted by molar-refractivity contribution is 0.163. The number of nitrogens with zero attached hydrogens (tertiary/aromatic N) is 3. The highest BCUT2D eigenvalue weighted by Crippen LogP contribution is 2.25. The van der Waals surface area contributed by atoms with Crippen molar-refractivity contribution in [1.29, 1.82) is 0 Å². The van der Waals surface area contributed by atoms with Gasteiger partial charge < -0.3 is 20.2 Å². The maximum absolute atomic E-state index is 14.0. The number of methoxy groups -OCH3 is 1. The lowest BCUT2D eigenvalue weighted by Crippen LogP contribution is -2.35. The Morgan fingerprint density at radius 2 is 2.13 bits per heavy atom. The van der Waals surface area contributed by atoms with Crippen LogP contribution in [0.3, 0.4) is 0 Å². The Balaban J connectivity index is 1.78. The smallest absolute Gasteiger partial charge is 0.431 e. The Hall–Kier alpha value is -3.18. The van der Waals surface area contributed by atoms with E-state index >= 15 is 0 Å². The van der Waals surface area contributed by atoms with E-state index < -0.39 is 11.9 Å². The van der Waals surface area contributed by atoms with Crippen LogP contribution in [0.15, 0.2) is 24.3 Å². The lowest BCUT2D eigenvalue weighted by atomic mass is 10.2. The van der Waals surface area contributed by atoms with Gasteiger partial charge in [-0.3, -0.25) is 10.2 Å².